The zero-order valence-corrected chi connectivity index (χ0v) is 20.5. The van der Waals surface area contributed by atoms with E-state index in [0.29, 0.717) is 11.7 Å². The largest absolute Gasteiger partial charge is 0.353 e. The molecule has 35 heavy (non-hydrogen) atoms. The number of carbonyl (C=O) groups is 1. The molecule has 4 bridgehead atoms. The first-order valence-electron chi connectivity index (χ1n) is 13.7. The fourth-order valence-corrected chi connectivity index (χ4v) is 8.10. The van der Waals surface area contributed by atoms with Crippen molar-refractivity contribution in [3.63, 3.8) is 0 Å². The quantitative estimate of drug-likeness (QED) is 0.695. The molecule has 5 saturated carbocycles. The minimum Gasteiger partial charge on any atom is -0.353 e. The van der Waals surface area contributed by atoms with Crippen molar-refractivity contribution in [1.82, 2.24) is 25.3 Å². The van der Waals surface area contributed by atoms with Gasteiger partial charge in [-0.05, 0) is 81.3 Å². The number of anilines is 1. The molecule has 0 aromatic carbocycles. The number of aromatic nitrogens is 3. The average Bonchev–Trinajstić information content (AvgIpc) is 3.56. The Bertz CT molecular complexity index is 1030. The van der Waals surface area contributed by atoms with E-state index in [2.05, 4.69) is 25.3 Å². The summed E-state index contributed by atoms with van der Waals surface area (Å²) in [4.78, 5) is 26.8. The lowest BCUT2D eigenvalue weighted by atomic mass is 9.53. The SMILES string of the molecule is O=C(NC12CC3CC(CC(C3)C1)C2)N1CCN(c2ccc(-c3noc(C4CCCC4)n3)cn2)CC1. The summed E-state index contributed by atoms with van der Waals surface area (Å²) in [5.74, 6) is 5.27. The van der Waals surface area contributed by atoms with Gasteiger partial charge in [-0.3, -0.25) is 0 Å². The molecule has 1 N–H and O–H groups in total. The summed E-state index contributed by atoms with van der Waals surface area (Å²) in [6.07, 6.45) is 14.4. The van der Waals surface area contributed by atoms with Crippen molar-refractivity contribution in [3.05, 3.63) is 24.2 Å². The number of piperazine rings is 1. The van der Waals surface area contributed by atoms with Crippen LogP contribution in [0.25, 0.3) is 11.4 Å². The van der Waals surface area contributed by atoms with Gasteiger partial charge in [-0.2, -0.15) is 4.98 Å². The van der Waals surface area contributed by atoms with E-state index in [1.165, 1.54) is 51.4 Å². The van der Waals surface area contributed by atoms with Crippen LogP contribution in [0.1, 0.15) is 76.0 Å². The third-order valence-electron chi connectivity index (χ3n) is 9.45. The first-order valence-corrected chi connectivity index (χ1v) is 13.7. The second-order valence-corrected chi connectivity index (χ2v) is 11.9. The Hall–Kier alpha value is -2.64. The molecule has 0 unspecified atom stereocenters. The van der Waals surface area contributed by atoms with Gasteiger partial charge in [0, 0.05) is 49.4 Å². The van der Waals surface area contributed by atoms with Crippen LogP contribution in [0.5, 0.6) is 0 Å². The zero-order chi connectivity index (χ0) is 23.4. The van der Waals surface area contributed by atoms with Gasteiger partial charge in [-0.25, -0.2) is 9.78 Å². The van der Waals surface area contributed by atoms with E-state index in [1.54, 1.807) is 0 Å². The van der Waals surface area contributed by atoms with E-state index in [1.807, 2.05) is 23.2 Å². The average molecular weight is 477 g/mol. The summed E-state index contributed by atoms with van der Waals surface area (Å²) in [6, 6.07) is 4.20. The van der Waals surface area contributed by atoms with Crippen LogP contribution in [0.3, 0.4) is 0 Å². The molecule has 0 radical (unpaired) electrons. The van der Waals surface area contributed by atoms with Gasteiger partial charge in [0.1, 0.15) is 5.82 Å². The van der Waals surface area contributed by atoms with Gasteiger partial charge in [-0.15, -0.1) is 0 Å². The molecule has 3 heterocycles. The fraction of sp³-hybridized carbons (Fsp3) is 0.704. The molecular weight excluding hydrogens is 440 g/mol. The number of carbonyl (C=O) groups excluding carboxylic acids is 1. The van der Waals surface area contributed by atoms with E-state index in [0.717, 1.165) is 74.0 Å². The molecule has 6 aliphatic rings. The molecule has 6 fully saturated rings. The van der Waals surface area contributed by atoms with Crippen LogP contribution in [0.15, 0.2) is 22.9 Å². The highest BCUT2D eigenvalue weighted by Crippen LogP contribution is 2.55. The molecule has 5 aliphatic carbocycles. The lowest BCUT2D eigenvalue weighted by molar-refractivity contribution is -0.0157. The van der Waals surface area contributed by atoms with Crippen LogP contribution >= 0.6 is 0 Å². The summed E-state index contributed by atoms with van der Waals surface area (Å²) >= 11 is 0. The molecule has 0 atom stereocenters. The molecule has 8 nitrogen and oxygen atoms in total. The molecule has 8 heteroatoms. The maximum atomic E-state index is 13.2. The summed E-state index contributed by atoms with van der Waals surface area (Å²) < 4.78 is 5.53. The van der Waals surface area contributed by atoms with Crippen molar-refractivity contribution in [1.29, 1.82) is 0 Å². The standard InChI is InChI=1S/C27H36N6O2/c34-26(30-27-14-18-11-19(15-27)13-20(12-18)16-27)33-9-7-32(8-10-33)23-6-5-22(17-28-23)24-29-25(35-31-24)21-3-1-2-4-21/h5-6,17-21H,1-4,7-16H2,(H,30,34). The predicted octanol–water partition coefficient (Wildman–Crippen LogP) is 4.59. The van der Waals surface area contributed by atoms with Gasteiger partial charge in [0.25, 0.3) is 0 Å². The van der Waals surface area contributed by atoms with Gasteiger partial charge in [0.05, 0.1) is 0 Å². The van der Waals surface area contributed by atoms with Crippen molar-refractivity contribution < 1.29 is 9.32 Å². The molecule has 8 rings (SSSR count). The first kappa shape index (κ1) is 21.6. The first-order chi connectivity index (χ1) is 17.1. The molecule has 1 saturated heterocycles. The molecule has 186 valence electrons. The molecule has 2 aromatic rings. The lowest BCUT2D eigenvalue weighted by Gasteiger charge is -2.57. The van der Waals surface area contributed by atoms with Crippen LogP contribution in [-0.4, -0.2) is 57.8 Å². The van der Waals surface area contributed by atoms with Crippen LogP contribution in [0, 0.1) is 17.8 Å². The number of amides is 2. The number of hydrogen-bond acceptors (Lipinski definition) is 6. The van der Waals surface area contributed by atoms with E-state index in [9.17, 15) is 4.79 Å². The van der Waals surface area contributed by atoms with E-state index in [-0.39, 0.29) is 11.6 Å². The smallest absolute Gasteiger partial charge is 0.317 e. The fourth-order valence-electron chi connectivity index (χ4n) is 8.10. The Labute approximate surface area is 206 Å². The van der Waals surface area contributed by atoms with Crippen molar-refractivity contribution >= 4 is 11.8 Å². The number of urea groups is 1. The highest BCUT2D eigenvalue weighted by molar-refractivity contribution is 5.75. The third-order valence-corrected chi connectivity index (χ3v) is 9.45. The minimum atomic E-state index is 0.0765. The van der Waals surface area contributed by atoms with E-state index in [4.69, 9.17) is 4.52 Å². The van der Waals surface area contributed by atoms with Crippen LogP contribution < -0.4 is 10.2 Å². The summed E-state index contributed by atoms with van der Waals surface area (Å²) in [5.41, 5.74) is 0.961. The highest BCUT2D eigenvalue weighted by atomic mass is 16.5. The normalized spacial score (nSPS) is 32.4. The van der Waals surface area contributed by atoms with Crippen LogP contribution in [0.2, 0.25) is 0 Å². The zero-order valence-electron chi connectivity index (χ0n) is 20.5. The Morgan fingerprint density at radius 3 is 2.29 bits per heavy atom. The number of rotatable bonds is 4. The number of pyridine rings is 1. The second kappa shape index (κ2) is 8.49. The molecule has 2 amide bonds. The maximum Gasteiger partial charge on any atom is 0.317 e. The number of nitrogens with one attached hydrogen (secondary N) is 1. The summed E-state index contributed by atoms with van der Waals surface area (Å²) in [5, 5.41) is 7.71. The Balaban J connectivity index is 0.949. The molecule has 2 aromatic heterocycles. The van der Waals surface area contributed by atoms with Crippen LogP contribution in [-0.2, 0) is 0 Å². The third kappa shape index (κ3) is 4.08. The monoisotopic (exact) mass is 476 g/mol. The molecule has 0 spiro atoms. The topological polar surface area (TPSA) is 87.4 Å². The van der Waals surface area contributed by atoms with Crippen molar-refractivity contribution in [3.8, 4) is 11.4 Å². The van der Waals surface area contributed by atoms with Gasteiger partial charge in [-0.1, -0.05) is 18.0 Å². The van der Waals surface area contributed by atoms with E-state index < -0.39 is 0 Å². The Morgan fingerprint density at radius 2 is 1.66 bits per heavy atom. The summed E-state index contributed by atoms with van der Waals surface area (Å²) in [6.45, 7) is 3.07. The highest BCUT2D eigenvalue weighted by Gasteiger charge is 2.51. The van der Waals surface area contributed by atoms with Crippen LogP contribution in [0.4, 0.5) is 10.6 Å². The predicted molar refractivity (Wildman–Crippen MR) is 132 cm³/mol. The Kier molecular flexibility index (Phi) is 5.24. The van der Waals surface area contributed by atoms with Gasteiger partial charge in [0.15, 0.2) is 0 Å². The Morgan fingerprint density at radius 1 is 0.971 bits per heavy atom. The van der Waals surface area contributed by atoms with Gasteiger partial charge in [0.2, 0.25) is 11.7 Å². The second-order valence-electron chi connectivity index (χ2n) is 11.9. The van der Waals surface area contributed by atoms with Gasteiger partial charge < -0.3 is 19.6 Å². The van der Waals surface area contributed by atoms with Gasteiger partial charge >= 0.3 is 6.03 Å². The minimum absolute atomic E-state index is 0.0765. The van der Waals surface area contributed by atoms with Crippen molar-refractivity contribution in [2.24, 2.45) is 17.8 Å². The number of hydrogen-bond donors (Lipinski definition) is 1. The summed E-state index contributed by atoms with van der Waals surface area (Å²) in [7, 11) is 0. The van der Waals surface area contributed by atoms with Crippen molar-refractivity contribution in [2.45, 2.75) is 75.7 Å². The number of nitrogens with zero attached hydrogens (tertiary/aromatic N) is 5. The maximum absolute atomic E-state index is 13.2. The van der Waals surface area contributed by atoms with E-state index >= 15 is 0 Å². The molecular formula is C27H36N6O2. The van der Waals surface area contributed by atoms with Crippen molar-refractivity contribution in [2.75, 3.05) is 31.1 Å². The molecule has 1 aliphatic heterocycles. The lowest BCUT2D eigenvalue weighted by Crippen LogP contribution is -2.63.